The molecule has 1 rings (SSSR count). The van der Waals surface area contributed by atoms with E-state index in [1.165, 1.54) is 5.01 Å². The Kier molecular flexibility index (Phi) is 3.58. The van der Waals surface area contributed by atoms with Crippen LogP contribution < -0.4 is 0 Å². The maximum Gasteiger partial charge on any atom is 0.0953 e. The molecule has 10 heavy (non-hydrogen) atoms. The zero-order valence-corrected chi connectivity index (χ0v) is 6.83. The fraction of sp³-hybridized carbons (Fsp3) is 0.625. The Balaban J connectivity index is 0.000000810. The number of nitrogens with zero attached hydrogens (tertiary/aromatic N) is 1. The van der Waals surface area contributed by atoms with Crippen LogP contribution in [0.4, 0.5) is 0 Å². The van der Waals surface area contributed by atoms with Crippen molar-refractivity contribution in [2.75, 3.05) is 0 Å². The van der Waals surface area contributed by atoms with Crippen molar-refractivity contribution in [2.45, 2.75) is 34.1 Å². The first-order valence-electron chi connectivity index (χ1n) is 3.12. The summed E-state index contributed by atoms with van der Waals surface area (Å²) in [5.74, 6) is 0.587. The van der Waals surface area contributed by atoms with Gasteiger partial charge in [-0.2, -0.15) is 0 Å². The van der Waals surface area contributed by atoms with Gasteiger partial charge < -0.3 is 0 Å². The summed E-state index contributed by atoms with van der Waals surface area (Å²) in [6.45, 7) is 6.36. The zero-order valence-electron chi connectivity index (χ0n) is 6.01. The first-order valence-corrected chi connectivity index (χ1v) is 4.00. The van der Waals surface area contributed by atoms with Gasteiger partial charge in [-0.25, -0.2) is 4.98 Å². The minimum absolute atomic E-state index is 0. The standard InChI is InChI=1S/C7H11NS.CH4/c1-5(2)7-8-6(3)4-9-7;/h4-5H,1-3H3;1H4. The predicted molar refractivity (Wildman–Crippen MR) is 47.7 cm³/mol. The van der Waals surface area contributed by atoms with Gasteiger partial charge in [-0.1, -0.05) is 21.3 Å². The van der Waals surface area contributed by atoms with E-state index in [4.69, 9.17) is 0 Å². The van der Waals surface area contributed by atoms with Gasteiger partial charge in [-0.3, -0.25) is 0 Å². The van der Waals surface area contributed by atoms with Gasteiger partial charge in [-0.15, -0.1) is 11.3 Å². The first-order chi connectivity index (χ1) is 4.20. The zero-order chi connectivity index (χ0) is 6.85. The Morgan fingerprint density at radius 3 is 2.30 bits per heavy atom. The highest BCUT2D eigenvalue weighted by Gasteiger charge is 2.01. The SMILES string of the molecule is C.Cc1csc(C(C)C)n1. The molecule has 1 heterocycles. The number of thiazole rings is 1. The molecule has 0 bridgehead atoms. The lowest BCUT2D eigenvalue weighted by atomic mass is 10.2. The normalized spacial score (nSPS) is 9.60. The van der Waals surface area contributed by atoms with E-state index in [0.29, 0.717) is 5.92 Å². The smallest absolute Gasteiger partial charge is 0.0953 e. The third-order valence-corrected chi connectivity index (χ3v) is 2.39. The van der Waals surface area contributed by atoms with E-state index in [2.05, 4.69) is 24.2 Å². The van der Waals surface area contributed by atoms with Crippen LogP contribution in [-0.4, -0.2) is 4.98 Å². The summed E-state index contributed by atoms with van der Waals surface area (Å²) in [6, 6.07) is 0. The van der Waals surface area contributed by atoms with Gasteiger partial charge in [0, 0.05) is 17.0 Å². The van der Waals surface area contributed by atoms with E-state index in [1.807, 2.05) is 6.92 Å². The molecule has 1 aromatic heterocycles. The lowest BCUT2D eigenvalue weighted by Gasteiger charge is -1.94. The van der Waals surface area contributed by atoms with Crippen molar-refractivity contribution in [2.24, 2.45) is 0 Å². The highest BCUT2D eigenvalue weighted by atomic mass is 32.1. The molecule has 0 saturated carbocycles. The Morgan fingerprint density at radius 1 is 1.50 bits per heavy atom. The number of aromatic nitrogens is 1. The number of hydrogen-bond acceptors (Lipinski definition) is 2. The third kappa shape index (κ3) is 2.10. The number of hydrogen-bond donors (Lipinski definition) is 0. The van der Waals surface area contributed by atoms with E-state index in [-0.39, 0.29) is 7.43 Å². The van der Waals surface area contributed by atoms with Crippen molar-refractivity contribution in [3.05, 3.63) is 16.1 Å². The second-order valence-corrected chi connectivity index (χ2v) is 3.37. The monoisotopic (exact) mass is 157 g/mol. The minimum Gasteiger partial charge on any atom is -0.246 e. The Hall–Kier alpha value is -0.370. The van der Waals surface area contributed by atoms with Gasteiger partial charge in [-0.05, 0) is 6.92 Å². The molecule has 0 amide bonds. The van der Waals surface area contributed by atoms with Crippen LogP contribution >= 0.6 is 11.3 Å². The lowest BCUT2D eigenvalue weighted by molar-refractivity contribution is 0.847. The van der Waals surface area contributed by atoms with Crippen LogP contribution in [0.3, 0.4) is 0 Å². The molecule has 0 N–H and O–H groups in total. The Labute approximate surface area is 67.1 Å². The molecule has 0 radical (unpaired) electrons. The van der Waals surface area contributed by atoms with Crippen LogP contribution in [0.1, 0.15) is 37.9 Å². The van der Waals surface area contributed by atoms with Crippen molar-refractivity contribution in [1.29, 1.82) is 0 Å². The summed E-state index contributed by atoms with van der Waals surface area (Å²) >= 11 is 1.75. The first kappa shape index (κ1) is 9.63. The summed E-state index contributed by atoms with van der Waals surface area (Å²) in [6.07, 6.45) is 0. The number of rotatable bonds is 1. The molecule has 0 unspecified atom stereocenters. The van der Waals surface area contributed by atoms with Crippen LogP contribution in [0.2, 0.25) is 0 Å². The van der Waals surface area contributed by atoms with Crippen molar-refractivity contribution in [3.8, 4) is 0 Å². The van der Waals surface area contributed by atoms with Crippen LogP contribution in [-0.2, 0) is 0 Å². The van der Waals surface area contributed by atoms with Gasteiger partial charge >= 0.3 is 0 Å². The molecular weight excluding hydrogens is 142 g/mol. The summed E-state index contributed by atoms with van der Waals surface area (Å²) < 4.78 is 0. The maximum absolute atomic E-state index is 4.33. The van der Waals surface area contributed by atoms with Gasteiger partial charge in [0.15, 0.2) is 0 Å². The largest absolute Gasteiger partial charge is 0.246 e. The van der Waals surface area contributed by atoms with Crippen molar-refractivity contribution in [3.63, 3.8) is 0 Å². The molecule has 0 aromatic carbocycles. The second kappa shape index (κ2) is 3.71. The van der Waals surface area contributed by atoms with Crippen molar-refractivity contribution < 1.29 is 0 Å². The van der Waals surface area contributed by atoms with E-state index < -0.39 is 0 Å². The fourth-order valence-corrected chi connectivity index (χ4v) is 1.45. The highest BCUT2D eigenvalue weighted by Crippen LogP contribution is 2.17. The third-order valence-electron chi connectivity index (χ3n) is 1.13. The molecule has 0 aliphatic rings. The average Bonchev–Trinajstić information content (AvgIpc) is 2.14. The molecule has 1 aromatic rings. The molecule has 0 aliphatic heterocycles. The maximum atomic E-state index is 4.33. The van der Waals surface area contributed by atoms with E-state index in [9.17, 15) is 0 Å². The number of aryl methyl sites for hydroxylation is 1. The quantitative estimate of drug-likeness (QED) is 0.610. The van der Waals surface area contributed by atoms with E-state index >= 15 is 0 Å². The Bertz CT molecular complexity index is 191. The van der Waals surface area contributed by atoms with E-state index in [0.717, 1.165) is 5.69 Å². The average molecular weight is 157 g/mol. The van der Waals surface area contributed by atoms with Crippen LogP contribution in [0.5, 0.6) is 0 Å². The Morgan fingerprint density at radius 2 is 2.10 bits per heavy atom. The molecule has 2 heteroatoms. The van der Waals surface area contributed by atoms with Gasteiger partial charge in [0.25, 0.3) is 0 Å². The van der Waals surface area contributed by atoms with E-state index in [1.54, 1.807) is 11.3 Å². The van der Waals surface area contributed by atoms with Gasteiger partial charge in [0.05, 0.1) is 5.01 Å². The van der Waals surface area contributed by atoms with Crippen LogP contribution in [0.25, 0.3) is 0 Å². The summed E-state index contributed by atoms with van der Waals surface area (Å²) in [4.78, 5) is 4.33. The molecule has 0 aliphatic carbocycles. The summed E-state index contributed by atoms with van der Waals surface area (Å²) in [5.41, 5.74) is 1.14. The van der Waals surface area contributed by atoms with Crippen LogP contribution in [0.15, 0.2) is 5.38 Å². The van der Waals surface area contributed by atoms with Crippen molar-refractivity contribution >= 4 is 11.3 Å². The van der Waals surface area contributed by atoms with Crippen LogP contribution in [0, 0.1) is 6.92 Å². The lowest BCUT2D eigenvalue weighted by Crippen LogP contribution is -1.83. The van der Waals surface area contributed by atoms with Gasteiger partial charge in [0.2, 0.25) is 0 Å². The highest BCUT2D eigenvalue weighted by molar-refractivity contribution is 7.09. The molecular formula is C8H15NS. The molecule has 0 spiro atoms. The summed E-state index contributed by atoms with van der Waals surface area (Å²) in [5, 5.41) is 3.34. The second-order valence-electron chi connectivity index (χ2n) is 2.48. The van der Waals surface area contributed by atoms with Crippen molar-refractivity contribution in [1.82, 2.24) is 4.98 Å². The molecule has 0 atom stereocenters. The molecule has 1 nitrogen and oxygen atoms in total. The topological polar surface area (TPSA) is 12.9 Å². The predicted octanol–water partition coefficient (Wildman–Crippen LogP) is 3.21. The minimum atomic E-state index is 0. The molecule has 58 valence electrons. The molecule has 0 fully saturated rings. The van der Waals surface area contributed by atoms with Gasteiger partial charge in [0.1, 0.15) is 0 Å². The summed E-state index contributed by atoms with van der Waals surface area (Å²) in [7, 11) is 0. The molecule has 0 saturated heterocycles. The fourth-order valence-electron chi connectivity index (χ4n) is 0.637.